The van der Waals surface area contributed by atoms with Gasteiger partial charge in [-0.2, -0.15) is 5.10 Å². The van der Waals surface area contributed by atoms with Gasteiger partial charge >= 0.3 is 0 Å². The number of fused-ring (bicyclic) bond motifs is 1. The van der Waals surface area contributed by atoms with E-state index in [1.165, 1.54) is 0 Å². The Balaban J connectivity index is 1.36. The molecule has 4 aromatic rings. The molecule has 1 aliphatic carbocycles. The van der Waals surface area contributed by atoms with Gasteiger partial charge in [0, 0.05) is 23.7 Å². The monoisotopic (exact) mass is 428 g/mol. The fourth-order valence-electron chi connectivity index (χ4n) is 4.05. The lowest BCUT2D eigenvalue weighted by molar-refractivity contribution is 0.102. The highest BCUT2D eigenvalue weighted by Gasteiger charge is 2.20. The predicted octanol–water partition coefficient (Wildman–Crippen LogP) is 3.99. The van der Waals surface area contributed by atoms with Crippen LogP contribution >= 0.6 is 0 Å². The van der Waals surface area contributed by atoms with Gasteiger partial charge in [-0.05, 0) is 37.3 Å². The van der Waals surface area contributed by atoms with Crippen LogP contribution in [0.15, 0.2) is 60.8 Å². The number of nitrogens with one attached hydrogen (secondary N) is 3. The molecular formula is C24H24N6O2. The summed E-state index contributed by atoms with van der Waals surface area (Å²) >= 11 is 0. The summed E-state index contributed by atoms with van der Waals surface area (Å²) in [6.45, 7) is 0. The third-order valence-corrected chi connectivity index (χ3v) is 5.79. The maximum atomic E-state index is 13.0. The molecule has 5 rings (SSSR count). The van der Waals surface area contributed by atoms with E-state index in [-0.39, 0.29) is 18.1 Å². The van der Waals surface area contributed by atoms with Gasteiger partial charge in [0.05, 0.1) is 22.9 Å². The molecule has 2 heterocycles. The van der Waals surface area contributed by atoms with E-state index in [0.29, 0.717) is 22.8 Å². The van der Waals surface area contributed by atoms with Crippen molar-refractivity contribution in [3.63, 3.8) is 0 Å². The Kier molecular flexibility index (Phi) is 5.51. The summed E-state index contributed by atoms with van der Waals surface area (Å²) in [5.74, 6) is 0.649. The molecule has 1 aliphatic rings. The normalized spacial score (nSPS) is 18.4. The van der Waals surface area contributed by atoms with Crippen LogP contribution in [0.2, 0.25) is 0 Å². The number of hydrogen-bond acceptors (Lipinski definition) is 6. The number of H-pyrrole nitrogens is 1. The fraction of sp³-hybridized carbons (Fsp3) is 0.250. The third kappa shape index (κ3) is 4.31. The molecule has 8 nitrogen and oxygen atoms in total. The molecule has 0 radical (unpaired) electrons. The van der Waals surface area contributed by atoms with Crippen molar-refractivity contribution in [1.29, 1.82) is 0 Å². The van der Waals surface area contributed by atoms with E-state index in [0.717, 1.165) is 42.3 Å². The summed E-state index contributed by atoms with van der Waals surface area (Å²) in [4.78, 5) is 22.1. The van der Waals surface area contributed by atoms with Crippen molar-refractivity contribution < 1.29 is 9.90 Å². The summed E-state index contributed by atoms with van der Waals surface area (Å²) < 4.78 is 0. The molecule has 1 amide bonds. The summed E-state index contributed by atoms with van der Waals surface area (Å²) in [5, 5.41) is 23.9. The molecule has 0 aliphatic heterocycles. The van der Waals surface area contributed by atoms with Crippen molar-refractivity contribution in [2.45, 2.75) is 37.8 Å². The number of hydrogen-bond donors (Lipinski definition) is 4. The van der Waals surface area contributed by atoms with Crippen LogP contribution in [-0.4, -0.2) is 43.3 Å². The van der Waals surface area contributed by atoms with Gasteiger partial charge in [0.1, 0.15) is 0 Å². The van der Waals surface area contributed by atoms with Gasteiger partial charge < -0.3 is 15.7 Å². The zero-order chi connectivity index (χ0) is 21.9. The van der Waals surface area contributed by atoms with E-state index in [1.54, 1.807) is 18.3 Å². The summed E-state index contributed by atoms with van der Waals surface area (Å²) in [5.41, 5.74) is 2.85. The number of amides is 1. The Labute approximate surface area is 185 Å². The van der Waals surface area contributed by atoms with Crippen molar-refractivity contribution in [2.75, 3.05) is 10.6 Å². The van der Waals surface area contributed by atoms with Crippen LogP contribution < -0.4 is 10.6 Å². The number of anilines is 2. The van der Waals surface area contributed by atoms with Crippen LogP contribution in [0.4, 0.5) is 11.8 Å². The summed E-state index contributed by atoms with van der Waals surface area (Å²) in [6, 6.07) is 17.3. The summed E-state index contributed by atoms with van der Waals surface area (Å²) in [6.07, 6.45) is 4.79. The van der Waals surface area contributed by atoms with Crippen LogP contribution in [0.3, 0.4) is 0 Å². The van der Waals surface area contributed by atoms with Gasteiger partial charge in [0.25, 0.3) is 5.91 Å². The van der Waals surface area contributed by atoms with E-state index >= 15 is 0 Å². The van der Waals surface area contributed by atoms with E-state index in [2.05, 4.69) is 30.8 Å². The lowest BCUT2D eigenvalue weighted by Crippen LogP contribution is -2.29. The second kappa shape index (κ2) is 8.76. The topological polar surface area (TPSA) is 116 Å². The number of rotatable bonds is 5. The van der Waals surface area contributed by atoms with Crippen LogP contribution in [0, 0.1) is 0 Å². The molecule has 2 aromatic carbocycles. The molecule has 0 spiro atoms. The Morgan fingerprint density at radius 3 is 2.66 bits per heavy atom. The molecule has 1 saturated carbocycles. The third-order valence-electron chi connectivity index (χ3n) is 5.79. The second-order valence-electron chi connectivity index (χ2n) is 8.07. The van der Waals surface area contributed by atoms with E-state index < -0.39 is 0 Å². The van der Waals surface area contributed by atoms with Crippen molar-refractivity contribution in [2.24, 2.45) is 0 Å². The molecule has 0 unspecified atom stereocenters. The Hall–Kier alpha value is -3.78. The average molecular weight is 428 g/mol. The maximum Gasteiger partial charge on any atom is 0.259 e. The average Bonchev–Trinajstić information content (AvgIpc) is 3.29. The highest BCUT2D eigenvalue weighted by Crippen LogP contribution is 2.24. The first-order valence-electron chi connectivity index (χ1n) is 10.8. The van der Waals surface area contributed by atoms with Gasteiger partial charge in [-0.25, -0.2) is 9.97 Å². The number of nitrogens with zero attached hydrogens (tertiary/aromatic N) is 3. The number of carbonyl (C=O) groups is 1. The van der Waals surface area contributed by atoms with Crippen LogP contribution in [0.25, 0.3) is 22.2 Å². The summed E-state index contributed by atoms with van der Waals surface area (Å²) in [7, 11) is 0. The largest absolute Gasteiger partial charge is 0.393 e. The van der Waals surface area contributed by atoms with Gasteiger partial charge in [-0.3, -0.25) is 9.89 Å². The SMILES string of the molecule is O=C(Nc1cc(-c2ccccc2)[nH]n1)c1cccc2cnc(NC3CCC(O)CC3)nc12. The lowest BCUT2D eigenvalue weighted by atomic mass is 9.93. The molecule has 4 N–H and O–H groups in total. The van der Waals surface area contributed by atoms with Crippen LogP contribution in [-0.2, 0) is 0 Å². The number of carbonyl (C=O) groups excluding carboxylic acids is 1. The van der Waals surface area contributed by atoms with Crippen LogP contribution in [0.1, 0.15) is 36.0 Å². The van der Waals surface area contributed by atoms with Gasteiger partial charge in [-0.1, -0.05) is 42.5 Å². The first kappa shape index (κ1) is 20.1. The van der Waals surface area contributed by atoms with Crippen molar-refractivity contribution >= 4 is 28.6 Å². The highest BCUT2D eigenvalue weighted by molar-refractivity contribution is 6.11. The highest BCUT2D eigenvalue weighted by atomic mass is 16.3. The van der Waals surface area contributed by atoms with Crippen molar-refractivity contribution in [3.05, 3.63) is 66.4 Å². The maximum absolute atomic E-state index is 13.0. The van der Waals surface area contributed by atoms with E-state index in [4.69, 9.17) is 0 Å². The minimum Gasteiger partial charge on any atom is -0.393 e. The van der Waals surface area contributed by atoms with E-state index in [1.807, 2.05) is 42.5 Å². The number of aromatic nitrogens is 4. The minimum absolute atomic E-state index is 0.217. The number of aliphatic hydroxyl groups is 1. The molecule has 32 heavy (non-hydrogen) atoms. The molecular weight excluding hydrogens is 404 g/mol. The smallest absolute Gasteiger partial charge is 0.259 e. The minimum atomic E-state index is -0.285. The number of aromatic amines is 1. The van der Waals surface area contributed by atoms with Gasteiger partial charge in [-0.15, -0.1) is 0 Å². The van der Waals surface area contributed by atoms with Crippen molar-refractivity contribution in [3.8, 4) is 11.3 Å². The first-order valence-corrected chi connectivity index (χ1v) is 10.8. The Morgan fingerprint density at radius 2 is 1.84 bits per heavy atom. The standard InChI is InChI=1S/C24H24N6O2/c31-18-11-9-17(10-12-18)26-24-25-14-16-7-4-8-19(22(16)28-24)23(32)27-21-13-20(29-30-21)15-5-2-1-3-6-15/h1-8,13-14,17-18,31H,9-12H2,(H,25,26,28)(H2,27,29,30,32). The zero-order valence-corrected chi connectivity index (χ0v) is 17.5. The molecule has 162 valence electrons. The zero-order valence-electron chi connectivity index (χ0n) is 17.5. The Bertz CT molecular complexity index is 1230. The van der Waals surface area contributed by atoms with Gasteiger partial charge in [0.15, 0.2) is 5.82 Å². The van der Waals surface area contributed by atoms with E-state index in [9.17, 15) is 9.90 Å². The molecule has 0 atom stereocenters. The molecule has 2 aromatic heterocycles. The van der Waals surface area contributed by atoms with Crippen molar-refractivity contribution in [1.82, 2.24) is 20.2 Å². The quantitative estimate of drug-likeness (QED) is 0.382. The fourth-order valence-corrected chi connectivity index (χ4v) is 4.05. The number of para-hydroxylation sites is 1. The number of aliphatic hydroxyl groups excluding tert-OH is 1. The molecule has 0 bridgehead atoms. The van der Waals surface area contributed by atoms with Crippen LogP contribution in [0.5, 0.6) is 0 Å². The predicted molar refractivity (Wildman–Crippen MR) is 123 cm³/mol. The number of benzene rings is 2. The first-order chi connectivity index (χ1) is 15.7. The Morgan fingerprint density at radius 1 is 1.03 bits per heavy atom. The lowest BCUT2D eigenvalue weighted by Gasteiger charge is -2.26. The molecule has 1 fully saturated rings. The van der Waals surface area contributed by atoms with Gasteiger partial charge in [0.2, 0.25) is 5.95 Å². The molecule has 0 saturated heterocycles. The second-order valence-corrected chi connectivity index (χ2v) is 8.07. The molecule has 8 heteroatoms.